The second kappa shape index (κ2) is 8.37. The fourth-order valence-corrected chi connectivity index (χ4v) is 3.02. The first-order valence-corrected chi connectivity index (χ1v) is 8.80. The predicted molar refractivity (Wildman–Crippen MR) is 97.6 cm³/mol. The van der Waals surface area contributed by atoms with Gasteiger partial charge in [-0.2, -0.15) is 0 Å². The van der Waals surface area contributed by atoms with Gasteiger partial charge in [0.2, 0.25) is 11.8 Å². The molecule has 140 valence electrons. The third-order valence-electron chi connectivity index (χ3n) is 4.17. The number of nitrogens with one attached hydrogen (secondary N) is 3. The zero-order valence-corrected chi connectivity index (χ0v) is 15.1. The van der Waals surface area contributed by atoms with Gasteiger partial charge in [0, 0.05) is 11.6 Å². The molecular formula is C17H21ClN4O4. The number of benzene rings is 1. The zero-order valence-electron chi connectivity index (χ0n) is 14.4. The zero-order chi connectivity index (χ0) is 18.5. The molecule has 9 heteroatoms. The summed E-state index contributed by atoms with van der Waals surface area (Å²) in [7, 11) is 1.50. The lowest BCUT2D eigenvalue weighted by Crippen LogP contribution is -2.57. The van der Waals surface area contributed by atoms with Crippen LogP contribution in [0.1, 0.15) is 19.3 Å². The molecule has 2 aliphatic rings. The number of carbonyl (C=O) groups excluding carboxylic acids is 2. The summed E-state index contributed by atoms with van der Waals surface area (Å²) in [6, 6.07) is 4.18. The van der Waals surface area contributed by atoms with Crippen molar-refractivity contribution in [2.24, 2.45) is 4.99 Å². The van der Waals surface area contributed by atoms with Crippen LogP contribution in [-0.2, 0) is 14.3 Å². The van der Waals surface area contributed by atoms with Gasteiger partial charge in [-0.05, 0) is 31.0 Å². The molecule has 0 unspecified atom stereocenters. The highest BCUT2D eigenvalue weighted by atomic mass is 35.5. The first-order valence-electron chi connectivity index (χ1n) is 8.42. The van der Waals surface area contributed by atoms with Crippen molar-refractivity contribution in [2.45, 2.75) is 31.4 Å². The van der Waals surface area contributed by atoms with E-state index in [-0.39, 0.29) is 30.3 Å². The number of ether oxygens (including phenoxy) is 2. The van der Waals surface area contributed by atoms with Gasteiger partial charge in [-0.3, -0.25) is 19.9 Å². The molecular weight excluding hydrogens is 360 g/mol. The van der Waals surface area contributed by atoms with Crippen molar-refractivity contribution in [3.05, 3.63) is 23.2 Å². The maximum Gasteiger partial charge on any atom is 0.247 e. The van der Waals surface area contributed by atoms with Crippen LogP contribution < -0.4 is 20.7 Å². The van der Waals surface area contributed by atoms with Crippen molar-refractivity contribution < 1.29 is 19.1 Å². The molecule has 26 heavy (non-hydrogen) atoms. The average Bonchev–Trinajstić information content (AvgIpc) is 3.13. The number of amides is 2. The van der Waals surface area contributed by atoms with Gasteiger partial charge < -0.3 is 20.1 Å². The number of halogens is 1. The smallest absolute Gasteiger partial charge is 0.247 e. The largest absolute Gasteiger partial charge is 0.495 e. The number of hydrogen-bond donors (Lipinski definition) is 3. The average molecular weight is 381 g/mol. The van der Waals surface area contributed by atoms with Crippen LogP contribution in [0.2, 0.25) is 5.02 Å². The van der Waals surface area contributed by atoms with E-state index < -0.39 is 6.04 Å². The van der Waals surface area contributed by atoms with Crippen LogP contribution >= 0.6 is 11.6 Å². The molecule has 2 amide bonds. The van der Waals surface area contributed by atoms with Crippen molar-refractivity contribution in [2.75, 3.05) is 25.6 Å². The standard InChI is InChI=1S/C17H21ClN4O4/c1-25-14-5-4-10(18)7-12(14)20-16(24)13-8-15(23)22-17(21-13)19-9-11-3-2-6-26-11/h4-5,7,11,13H,2-3,6,8-9H2,1H3,(H,20,24)(H2,19,21,22,23)/t11-,13-/m0/s1. The van der Waals surface area contributed by atoms with Crippen LogP contribution in [0.4, 0.5) is 5.69 Å². The fraction of sp³-hybridized carbons (Fsp3) is 0.471. The van der Waals surface area contributed by atoms with Gasteiger partial charge in [0.25, 0.3) is 0 Å². The Hall–Kier alpha value is -2.32. The third kappa shape index (κ3) is 4.64. The number of methoxy groups -OCH3 is 1. The van der Waals surface area contributed by atoms with Crippen LogP contribution in [0.5, 0.6) is 5.75 Å². The predicted octanol–water partition coefficient (Wildman–Crippen LogP) is 1.30. The van der Waals surface area contributed by atoms with Crippen LogP contribution in [0.25, 0.3) is 0 Å². The summed E-state index contributed by atoms with van der Waals surface area (Å²) in [6.45, 7) is 1.18. The lowest BCUT2D eigenvalue weighted by molar-refractivity contribution is -0.125. The second-order valence-electron chi connectivity index (χ2n) is 6.11. The summed E-state index contributed by atoms with van der Waals surface area (Å²) < 4.78 is 10.7. The Balaban J connectivity index is 1.65. The van der Waals surface area contributed by atoms with Crippen LogP contribution in [-0.4, -0.2) is 50.2 Å². The summed E-state index contributed by atoms with van der Waals surface area (Å²) in [4.78, 5) is 28.8. The minimum Gasteiger partial charge on any atom is -0.495 e. The highest BCUT2D eigenvalue weighted by Gasteiger charge is 2.29. The van der Waals surface area contributed by atoms with Crippen molar-refractivity contribution in [1.29, 1.82) is 0 Å². The Labute approximate surface area is 156 Å². The summed E-state index contributed by atoms with van der Waals surface area (Å²) >= 11 is 5.98. The summed E-state index contributed by atoms with van der Waals surface area (Å²) in [6.07, 6.45) is 2.03. The van der Waals surface area contributed by atoms with Crippen LogP contribution in [0, 0.1) is 0 Å². The number of carbonyl (C=O) groups is 2. The number of hydrogen-bond acceptors (Lipinski definition) is 5. The summed E-state index contributed by atoms with van der Waals surface area (Å²) in [5, 5.41) is 8.80. The van der Waals surface area contributed by atoms with E-state index in [4.69, 9.17) is 21.1 Å². The Morgan fingerprint density at radius 3 is 3.08 bits per heavy atom. The number of aliphatic imine (C=N–C) groups is 1. The van der Waals surface area contributed by atoms with E-state index >= 15 is 0 Å². The normalized spacial score (nSPS) is 24.1. The highest BCUT2D eigenvalue weighted by Crippen LogP contribution is 2.27. The molecule has 2 atom stereocenters. The van der Waals surface area contributed by atoms with Gasteiger partial charge in [-0.1, -0.05) is 11.6 Å². The minimum atomic E-state index is -0.740. The molecule has 2 heterocycles. The van der Waals surface area contributed by atoms with Crippen molar-refractivity contribution >= 4 is 35.1 Å². The van der Waals surface area contributed by atoms with E-state index in [2.05, 4.69) is 20.9 Å². The van der Waals surface area contributed by atoms with Gasteiger partial charge >= 0.3 is 0 Å². The molecule has 0 aromatic heterocycles. The maximum atomic E-state index is 12.6. The molecule has 3 N–H and O–H groups in total. The third-order valence-corrected chi connectivity index (χ3v) is 4.41. The van der Waals surface area contributed by atoms with Crippen LogP contribution in [0.15, 0.2) is 23.2 Å². The first kappa shape index (κ1) is 18.5. The topological polar surface area (TPSA) is 101 Å². The lowest BCUT2D eigenvalue weighted by atomic mass is 10.1. The fourth-order valence-electron chi connectivity index (χ4n) is 2.84. The summed E-state index contributed by atoms with van der Waals surface area (Å²) in [5.41, 5.74) is 0.440. The van der Waals surface area contributed by atoms with E-state index in [1.54, 1.807) is 18.2 Å². The minimum absolute atomic E-state index is 0.00760. The van der Waals surface area contributed by atoms with E-state index in [0.29, 0.717) is 23.0 Å². The molecule has 3 rings (SSSR count). The molecule has 0 radical (unpaired) electrons. The Morgan fingerprint density at radius 1 is 1.50 bits per heavy atom. The quantitative estimate of drug-likeness (QED) is 0.714. The van der Waals surface area contributed by atoms with Crippen LogP contribution in [0.3, 0.4) is 0 Å². The van der Waals surface area contributed by atoms with E-state index in [9.17, 15) is 9.59 Å². The van der Waals surface area contributed by atoms with E-state index in [0.717, 1.165) is 19.4 Å². The van der Waals surface area contributed by atoms with Gasteiger partial charge in [0.05, 0.1) is 31.9 Å². The van der Waals surface area contributed by atoms with Gasteiger partial charge in [0.1, 0.15) is 11.8 Å². The van der Waals surface area contributed by atoms with Crippen molar-refractivity contribution in [1.82, 2.24) is 10.6 Å². The number of nitrogens with zero attached hydrogens (tertiary/aromatic N) is 1. The molecule has 0 spiro atoms. The Kier molecular flexibility index (Phi) is 5.95. The second-order valence-corrected chi connectivity index (χ2v) is 6.54. The molecule has 0 saturated carbocycles. The Morgan fingerprint density at radius 2 is 2.35 bits per heavy atom. The monoisotopic (exact) mass is 380 g/mol. The number of guanidine groups is 1. The van der Waals surface area contributed by atoms with Crippen molar-refractivity contribution in [3.63, 3.8) is 0 Å². The number of anilines is 1. The van der Waals surface area contributed by atoms with E-state index in [1.165, 1.54) is 7.11 Å². The molecule has 1 aromatic rings. The highest BCUT2D eigenvalue weighted by molar-refractivity contribution is 6.31. The number of rotatable bonds is 5. The van der Waals surface area contributed by atoms with Gasteiger partial charge in [-0.15, -0.1) is 0 Å². The molecule has 0 bridgehead atoms. The molecule has 2 fully saturated rings. The van der Waals surface area contributed by atoms with Gasteiger partial charge in [0.15, 0.2) is 5.96 Å². The Bertz CT molecular complexity index is 719. The molecule has 8 nitrogen and oxygen atoms in total. The molecule has 2 saturated heterocycles. The lowest BCUT2D eigenvalue weighted by Gasteiger charge is -2.25. The van der Waals surface area contributed by atoms with E-state index in [1.807, 2.05) is 0 Å². The molecule has 1 aromatic carbocycles. The maximum absolute atomic E-state index is 12.6. The molecule has 2 aliphatic heterocycles. The SMILES string of the molecule is COc1ccc(Cl)cc1NC(=O)[C@@H]1CC(=O)NC(=NC[C@@H]2CCCO2)N1. The van der Waals surface area contributed by atoms with Gasteiger partial charge in [-0.25, -0.2) is 0 Å². The molecule has 0 aliphatic carbocycles. The first-order chi connectivity index (χ1) is 12.5. The summed E-state index contributed by atoms with van der Waals surface area (Å²) in [5.74, 6) is 0.128. The van der Waals surface area contributed by atoms with Crippen molar-refractivity contribution in [3.8, 4) is 5.75 Å².